The first-order valence-corrected chi connectivity index (χ1v) is 7.05. The number of fused-ring (bicyclic) bond motifs is 2. The SMILES string of the molecule is C(C#Cc1ccc2[nH]ccc2c1)#Cc1ccc2[nH]ccc2c1. The summed E-state index contributed by atoms with van der Waals surface area (Å²) in [6.07, 6.45) is 3.86. The Kier molecular flexibility index (Phi) is 2.93. The number of rotatable bonds is 0. The minimum atomic E-state index is 0.975. The third-order valence-corrected chi connectivity index (χ3v) is 3.58. The van der Waals surface area contributed by atoms with E-state index in [0.717, 1.165) is 32.9 Å². The number of hydrogen-bond acceptors (Lipinski definition) is 0. The maximum Gasteiger partial charge on any atom is 0.0454 e. The third-order valence-electron chi connectivity index (χ3n) is 3.58. The van der Waals surface area contributed by atoms with Gasteiger partial charge in [0.15, 0.2) is 0 Å². The molecule has 0 fully saturated rings. The quantitative estimate of drug-likeness (QED) is 0.455. The molecule has 4 aromatic rings. The Labute approximate surface area is 128 Å². The standard InChI is InChI=1S/C20H12N2/c1(3-15-5-7-19-17(13-15)9-11-21-19)2-4-16-6-8-20-18(14-16)10-12-22-20/h5-14,21-22H. The van der Waals surface area contributed by atoms with Crippen LogP contribution >= 0.6 is 0 Å². The minimum Gasteiger partial charge on any atom is -0.361 e. The molecule has 4 rings (SSSR count). The Hall–Kier alpha value is -3.36. The Balaban J connectivity index is 1.59. The van der Waals surface area contributed by atoms with Gasteiger partial charge in [0.05, 0.1) is 0 Å². The molecule has 0 unspecified atom stereocenters. The maximum absolute atomic E-state index is 3.17. The van der Waals surface area contributed by atoms with Crippen molar-refractivity contribution in [2.45, 2.75) is 0 Å². The molecule has 0 atom stereocenters. The summed E-state index contributed by atoms with van der Waals surface area (Å²) in [5.74, 6) is 12.0. The van der Waals surface area contributed by atoms with Crippen molar-refractivity contribution in [1.82, 2.24) is 9.97 Å². The van der Waals surface area contributed by atoms with Crippen LogP contribution in [0.1, 0.15) is 11.1 Å². The van der Waals surface area contributed by atoms with Crippen LogP contribution in [-0.4, -0.2) is 9.97 Å². The van der Waals surface area contributed by atoms with Gasteiger partial charge in [-0.05, 0) is 60.4 Å². The monoisotopic (exact) mass is 280 g/mol. The Morgan fingerprint density at radius 3 is 1.59 bits per heavy atom. The van der Waals surface area contributed by atoms with Crippen molar-refractivity contribution in [1.29, 1.82) is 0 Å². The van der Waals surface area contributed by atoms with Gasteiger partial charge in [-0.3, -0.25) is 0 Å². The van der Waals surface area contributed by atoms with E-state index in [9.17, 15) is 0 Å². The summed E-state index contributed by atoms with van der Waals surface area (Å²) in [7, 11) is 0. The van der Waals surface area contributed by atoms with E-state index in [2.05, 4.69) is 45.8 Å². The molecule has 22 heavy (non-hydrogen) atoms. The molecule has 0 radical (unpaired) electrons. The molecule has 2 heteroatoms. The van der Waals surface area contributed by atoms with Gasteiger partial charge in [0, 0.05) is 45.3 Å². The molecule has 2 aromatic heterocycles. The summed E-state index contributed by atoms with van der Waals surface area (Å²) in [5.41, 5.74) is 4.19. The molecule has 0 spiro atoms. The zero-order chi connectivity index (χ0) is 14.8. The zero-order valence-electron chi connectivity index (χ0n) is 11.8. The molecule has 2 heterocycles. The molecular weight excluding hydrogens is 268 g/mol. The Morgan fingerprint density at radius 1 is 0.591 bits per heavy atom. The second kappa shape index (κ2) is 5.20. The van der Waals surface area contributed by atoms with Gasteiger partial charge in [-0.1, -0.05) is 11.8 Å². The summed E-state index contributed by atoms with van der Waals surface area (Å²) >= 11 is 0. The van der Waals surface area contributed by atoms with Crippen LogP contribution in [0.4, 0.5) is 0 Å². The van der Waals surface area contributed by atoms with Crippen LogP contribution in [0.3, 0.4) is 0 Å². The van der Waals surface area contributed by atoms with Gasteiger partial charge in [-0.2, -0.15) is 0 Å². The zero-order valence-corrected chi connectivity index (χ0v) is 11.8. The van der Waals surface area contributed by atoms with E-state index in [4.69, 9.17) is 0 Å². The fraction of sp³-hybridized carbons (Fsp3) is 0. The molecule has 0 amide bonds. The van der Waals surface area contributed by atoms with E-state index >= 15 is 0 Å². The predicted octanol–water partition coefficient (Wildman–Crippen LogP) is 4.05. The fourth-order valence-electron chi connectivity index (χ4n) is 2.47. The Bertz CT molecular complexity index is 998. The average Bonchev–Trinajstić information content (AvgIpc) is 3.19. The number of H-pyrrole nitrogens is 2. The summed E-state index contributed by atoms with van der Waals surface area (Å²) in [6.45, 7) is 0. The molecule has 0 aliphatic carbocycles. The van der Waals surface area contributed by atoms with Gasteiger partial charge < -0.3 is 9.97 Å². The summed E-state index contributed by atoms with van der Waals surface area (Å²) < 4.78 is 0. The van der Waals surface area contributed by atoms with Crippen molar-refractivity contribution < 1.29 is 0 Å². The minimum absolute atomic E-state index is 0.975. The predicted molar refractivity (Wildman–Crippen MR) is 90.4 cm³/mol. The Morgan fingerprint density at radius 2 is 1.09 bits per heavy atom. The number of hydrogen-bond donors (Lipinski definition) is 2. The van der Waals surface area contributed by atoms with Crippen LogP contribution in [0.2, 0.25) is 0 Å². The van der Waals surface area contributed by atoms with Gasteiger partial charge in [-0.15, -0.1) is 0 Å². The van der Waals surface area contributed by atoms with E-state index in [1.165, 1.54) is 0 Å². The van der Waals surface area contributed by atoms with Crippen molar-refractivity contribution in [2.75, 3.05) is 0 Å². The highest BCUT2D eigenvalue weighted by Crippen LogP contribution is 2.14. The lowest BCUT2D eigenvalue weighted by Gasteiger charge is -1.91. The van der Waals surface area contributed by atoms with Crippen molar-refractivity contribution in [3.8, 4) is 23.7 Å². The van der Waals surface area contributed by atoms with E-state index in [1.54, 1.807) is 0 Å². The second-order valence-corrected chi connectivity index (χ2v) is 5.06. The van der Waals surface area contributed by atoms with Crippen LogP contribution in [0.25, 0.3) is 21.8 Å². The van der Waals surface area contributed by atoms with Gasteiger partial charge in [0.25, 0.3) is 0 Å². The largest absolute Gasteiger partial charge is 0.361 e. The lowest BCUT2D eigenvalue weighted by Crippen LogP contribution is -1.75. The number of aromatic amines is 2. The number of aromatic nitrogens is 2. The van der Waals surface area contributed by atoms with E-state index in [1.807, 2.05) is 48.8 Å². The number of nitrogens with one attached hydrogen (secondary N) is 2. The highest BCUT2D eigenvalue weighted by Gasteiger charge is 1.94. The fourth-order valence-corrected chi connectivity index (χ4v) is 2.47. The topological polar surface area (TPSA) is 31.6 Å². The normalized spacial score (nSPS) is 10.0. The average molecular weight is 280 g/mol. The van der Waals surface area contributed by atoms with Crippen molar-refractivity contribution in [2.24, 2.45) is 0 Å². The van der Waals surface area contributed by atoms with Crippen molar-refractivity contribution >= 4 is 21.8 Å². The highest BCUT2D eigenvalue weighted by atomic mass is 14.7. The third kappa shape index (κ3) is 2.35. The first-order valence-electron chi connectivity index (χ1n) is 7.05. The lowest BCUT2D eigenvalue weighted by molar-refractivity contribution is 1.48. The van der Waals surface area contributed by atoms with Gasteiger partial charge in [0.1, 0.15) is 0 Å². The molecule has 2 N–H and O–H groups in total. The smallest absolute Gasteiger partial charge is 0.0454 e. The van der Waals surface area contributed by atoms with Gasteiger partial charge in [0.2, 0.25) is 0 Å². The van der Waals surface area contributed by atoms with Crippen LogP contribution in [-0.2, 0) is 0 Å². The maximum atomic E-state index is 3.17. The molecule has 0 aliphatic rings. The molecule has 0 saturated heterocycles. The lowest BCUT2D eigenvalue weighted by atomic mass is 10.1. The first kappa shape index (κ1) is 12.4. The van der Waals surface area contributed by atoms with E-state index < -0.39 is 0 Å². The van der Waals surface area contributed by atoms with E-state index in [0.29, 0.717) is 0 Å². The second-order valence-electron chi connectivity index (χ2n) is 5.06. The summed E-state index contributed by atoms with van der Waals surface area (Å²) in [4.78, 5) is 6.34. The summed E-state index contributed by atoms with van der Waals surface area (Å²) in [5, 5.41) is 2.33. The van der Waals surface area contributed by atoms with Gasteiger partial charge in [-0.25, -0.2) is 0 Å². The highest BCUT2D eigenvalue weighted by molar-refractivity contribution is 5.81. The van der Waals surface area contributed by atoms with Crippen LogP contribution in [0, 0.1) is 23.7 Å². The summed E-state index contributed by atoms with van der Waals surface area (Å²) in [6, 6.07) is 16.3. The van der Waals surface area contributed by atoms with Crippen molar-refractivity contribution in [3.05, 3.63) is 72.1 Å². The molecule has 0 saturated carbocycles. The van der Waals surface area contributed by atoms with E-state index in [-0.39, 0.29) is 0 Å². The first-order chi connectivity index (χ1) is 10.9. The molecule has 0 bridgehead atoms. The molecular formula is C20H12N2. The molecule has 2 aromatic carbocycles. The van der Waals surface area contributed by atoms with Crippen molar-refractivity contribution in [3.63, 3.8) is 0 Å². The van der Waals surface area contributed by atoms with Crippen LogP contribution in [0.5, 0.6) is 0 Å². The molecule has 2 nitrogen and oxygen atoms in total. The van der Waals surface area contributed by atoms with Gasteiger partial charge >= 0.3 is 0 Å². The molecule has 102 valence electrons. The van der Waals surface area contributed by atoms with Crippen LogP contribution in [0.15, 0.2) is 60.9 Å². The number of benzene rings is 2. The molecule has 0 aliphatic heterocycles. The van der Waals surface area contributed by atoms with Crippen LogP contribution < -0.4 is 0 Å².